The fourth-order valence-corrected chi connectivity index (χ4v) is 1.84. The van der Waals surface area contributed by atoms with Crippen molar-refractivity contribution in [1.82, 2.24) is 10.3 Å². The van der Waals surface area contributed by atoms with Gasteiger partial charge in [0.05, 0.1) is 31.3 Å². The lowest BCUT2D eigenvalue weighted by atomic mass is 9.91. The molecule has 0 aromatic heterocycles. The molecule has 4 N–H and O–H groups in total. The Kier molecular flexibility index (Phi) is 4.67. The van der Waals surface area contributed by atoms with Crippen molar-refractivity contribution in [3.05, 3.63) is 0 Å². The summed E-state index contributed by atoms with van der Waals surface area (Å²) in [4.78, 5) is 13.6. The Labute approximate surface area is 95.7 Å². The lowest BCUT2D eigenvalue weighted by Crippen LogP contribution is -2.54. The van der Waals surface area contributed by atoms with Crippen molar-refractivity contribution in [3.8, 4) is 0 Å². The molecule has 1 saturated heterocycles. The summed E-state index contributed by atoms with van der Waals surface area (Å²) in [6, 6.07) is -0.0291. The number of amides is 1. The number of rotatable bonds is 4. The summed E-state index contributed by atoms with van der Waals surface area (Å²) in [7, 11) is 0. The zero-order valence-corrected chi connectivity index (χ0v) is 9.90. The Morgan fingerprint density at radius 2 is 2.38 bits per heavy atom. The Balaban J connectivity index is 2.60. The molecule has 0 aromatic carbocycles. The van der Waals surface area contributed by atoms with Gasteiger partial charge >= 0.3 is 0 Å². The van der Waals surface area contributed by atoms with Gasteiger partial charge in [-0.2, -0.15) is 0 Å². The van der Waals surface area contributed by atoms with Crippen LogP contribution in [-0.4, -0.2) is 54.9 Å². The van der Waals surface area contributed by atoms with Crippen LogP contribution >= 0.6 is 0 Å². The summed E-state index contributed by atoms with van der Waals surface area (Å²) in [5.41, 5.74) is 1.60. The van der Waals surface area contributed by atoms with Gasteiger partial charge in [-0.15, -0.1) is 0 Å². The Morgan fingerprint density at radius 3 is 2.94 bits per heavy atom. The molecule has 1 rings (SSSR count). The maximum atomic E-state index is 11.5. The third-order valence-electron chi connectivity index (χ3n) is 2.90. The summed E-state index contributed by atoms with van der Waals surface area (Å²) in [5.74, 6) is 4.94. The largest absolute Gasteiger partial charge is 0.395 e. The molecule has 1 atom stereocenters. The van der Waals surface area contributed by atoms with Crippen molar-refractivity contribution in [1.29, 1.82) is 0 Å². The predicted octanol–water partition coefficient (Wildman–Crippen LogP) is -1.30. The van der Waals surface area contributed by atoms with E-state index in [4.69, 9.17) is 10.6 Å². The minimum absolute atomic E-state index is 0.0291. The first kappa shape index (κ1) is 13.4. The lowest BCUT2D eigenvalue weighted by molar-refractivity contribution is -0.132. The molecular weight excluding hydrogens is 210 g/mol. The molecule has 6 heteroatoms. The number of carbonyl (C=O) groups excluding carboxylic acids is 1. The SMILES string of the molecule is CC(C)(CN1CCOCC1CO)C(=O)NN. The van der Waals surface area contributed by atoms with E-state index < -0.39 is 5.41 Å². The molecule has 0 aliphatic carbocycles. The molecule has 1 heterocycles. The van der Waals surface area contributed by atoms with Crippen LogP contribution in [0.2, 0.25) is 0 Å². The molecule has 1 unspecified atom stereocenters. The number of carbonyl (C=O) groups is 1. The second-order valence-electron chi connectivity index (χ2n) is 4.74. The van der Waals surface area contributed by atoms with Crippen molar-refractivity contribution in [3.63, 3.8) is 0 Å². The Morgan fingerprint density at radius 1 is 1.69 bits per heavy atom. The molecule has 1 amide bonds. The highest BCUT2D eigenvalue weighted by Gasteiger charge is 2.33. The van der Waals surface area contributed by atoms with Crippen LogP contribution in [-0.2, 0) is 9.53 Å². The third kappa shape index (κ3) is 3.15. The minimum atomic E-state index is -0.570. The van der Waals surface area contributed by atoms with Crippen molar-refractivity contribution < 1.29 is 14.6 Å². The Bertz CT molecular complexity index is 245. The average molecular weight is 231 g/mol. The molecule has 16 heavy (non-hydrogen) atoms. The molecule has 0 bridgehead atoms. The Hall–Kier alpha value is -0.690. The lowest BCUT2D eigenvalue weighted by Gasteiger charge is -2.38. The van der Waals surface area contributed by atoms with Gasteiger partial charge in [-0.3, -0.25) is 15.1 Å². The first-order valence-electron chi connectivity index (χ1n) is 5.45. The number of ether oxygens (including phenoxy) is 1. The first-order valence-corrected chi connectivity index (χ1v) is 5.45. The van der Waals surface area contributed by atoms with E-state index in [9.17, 15) is 9.90 Å². The number of hydrogen-bond donors (Lipinski definition) is 3. The van der Waals surface area contributed by atoms with E-state index in [1.54, 1.807) is 0 Å². The number of aliphatic hydroxyl groups is 1. The number of aliphatic hydroxyl groups excluding tert-OH is 1. The molecule has 1 aliphatic rings. The van der Waals surface area contributed by atoms with Crippen LogP contribution in [0.25, 0.3) is 0 Å². The van der Waals surface area contributed by atoms with Gasteiger partial charge in [-0.1, -0.05) is 0 Å². The zero-order valence-electron chi connectivity index (χ0n) is 9.90. The van der Waals surface area contributed by atoms with Crippen LogP contribution in [0.4, 0.5) is 0 Å². The molecule has 0 radical (unpaired) electrons. The number of nitrogens with zero attached hydrogens (tertiary/aromatic N) is 1. The highest BCUT2D eigenvalue weighted by atomic mass is 16.5. The summed E-state index contributed by atoms with van der Waals surface area (Å²) < 4.78 is 5.28. The normalized spacial score (nSPS) is 23.1. The van der Waals surface area contributed by atoms with Gasteiger partial charge in [0, 0.05) is 13.1 Å². The maximum Gasteiger partial charge on any atom is 0.240 e. The van der Waals surface area contributed by atoms with Crippen LogP contribution < -0.4 is 11.3 Å². The summed E-state index contributed by atoms with van der Waals surface area (Å²) in [6.07, 6.45) is 0. The van der Waals surface area contributed by atoms with Crippen LogP contribution in [0, 0.1) is 5.41 Å². The monoisotopic (exact) mass is 231 g/mol. The van der Waals surface area contributed by atoms with Crippen molar-refractivity contribution in [2.45, 2.75) is 19.9 Å². The van der Waals surface area contributed by atoms with Gasteiger partial charge in [0.15, 0.2) is 0 Å². The standard InChI is InChI=1S/C10H21N3O3/c1-10(2,9(15)12-11)7-13-3-4-16-6-8(13)5-14/h8,14H,3-7,11H2,1-2H3,(H,12,15). The van der Waals surface area contributed by atoms with E-state index in [0.717, 1.165) is 6.54 Å². The van der Waals surface area contributed by atoms with Gasteiger partial charge in [-0.05, 0) is 13.8 Å². The number of hydrogen-bond acceptors (Lipinski definition) is 5. The van der Waals surface area contributed by atoms with Gasteiger partial charge < -0.3 is 9.84 Å². The highest BCUT2D eigenvalue weighted by molar-refractivity contribution is 5.81. The molecular formula is C10H21N3O3. The van der Waals surface area contributed by atoms with Gasteiger partial charge in [0.25, 0.3) is 0 Å². The van der Waals surface area contributed by atoms with E-state index in [0.29, 0.717) is 19.8 Å². The van der Waals surface area contributed by atoms with E-state index in [1.807, 2.05) is 13.8 Å². The van der Waals surface area contributed by atoms with E-state index in [1.165, 1.54) is 0 Å². The molecule has 0 spiro atoms. The highest BCUT2D eigenvalue weighted by Crippen LogP contribution is 2.19. The summed E-state index contributed by atoms with van der Waals surface area (Å²) in [5, 5.41) is 9.21. The molecule has 1 fully saturated rings. The van der Waals surface area contributed by atoms with Crippen LogP contribution in [0.5, 0.6) is 0 Å². The molecule has 94 valence electrons. The predicted molar refractivity (Wildman–Crippen MR) is 59.4 cm³/mol. The second kappa shape index (κ2) is 5.58. The van der Waals surface area contributed by atoms with E-state index in [2.05, 4.69) is 10.3 Å². The number of nitrogens with two attached hydrogens (primary N) is 1. The third-order valence-corrected chi connectivity index (χ3v) is 2.90. The van der Waals surface area contributed by atoms with Gasteiger partial charge in [-0.25, -0.2) is 5.84 Å². The topological polar surface area (TPSA) is 87.8 Å². The quantitative estimate of drug-likeness (QED) is 0.318. The molecule has 0 saturated carbocycles. The van der Waals surface area contributed by atoms with Crippen molar-refractivity contribution in [2.24, 2.45) is 11.3 Å². The van der Waals surface area contributed by atoms with Crippen LogP contribution in [0.3, 0.4) is 0 Å². The van der Waals surface area contributed by atoms with Crippen LogP contribution in [0.15, 0.2) is 0 Å². The minimum Gasteiger partial charge on any atom is -0.395 e. The summed E-state index contributed by atoms with van der Waals surface area (Å²) in [6.45, 7) is 6.14. The number of nitrogens with one attached hydrogen (secondary N) is 1. The summed E-state index contributed by atoms with van der Waals surface area (Å²) >= 11 is 0. The van der Waals surface area contributed by atoms with Crippen molar-refractivity contribution >= 4 is 5.91 Å². The zero-order chi connectivity index (χ0) is 12.2. The maximum absolute atomic E-state index is 11.5. The fraction of sp³-hybridized carbons (Fsp3) is 0.900. The van der Waals surface area contributed by atoms with Crippen molar-refractivity contribution in [2.75, 3.05) is 32.9 Å². The average Bonchev–Trinajstić information content (AvgIpc) is 2.28. The van der Waals surface area contributed by atoms with E-state index in [-0.39, 0.29) is 18.6 Å². The van der Waals surface area contributed by atoms with E-state index >= 15 is 0 Å². The first-order chi connectivity index (χ1) is 7.51. The van der Waals surface area contributed by atoms with Crippen LogP contribution in [0.1, 0.15) is 13.8 Å². The second-order valence-corrected chi connectivity index (χ2v) is 4.74. The molecule has 0 aromatic rings. The van der Waals surface area contributed by atoms with Gasteiger partial charge in [0.1, 0.15) is 0 Å². The number of hydrazine groups is 1. The van der Waals surface area contributed by atoms with Gasteiger partial charge in [0.2, 0.25) is 5.91 Å². The molecule has 1 aliphatic heterocycles. The number of morpholine rings is 1. The smallest absolute Gasteiger partial charge is 0.240 e. The molecule has 6 nitrogen and oxygen atoms in total. The fourth-order valence-electron chi connectivity index (χ4n) is 1.84.